The molecule has 0 spiro atoms. The van der Waals surface area contributed by atoms with Gasteiger partial charge in [0, 0.05) is 18.8 Å². The van der Waals surface area contributed by atoms with Gasteiger partial charge in [0.05, 0.1) is 28.9 Å². The second-order valence-corrected chi connectivity index (χ2v) is 8.01. The quantitative estimate of drug-likeness (QED) is 0.899. The van der Waals surface area contributed by atoms with Crippen LogP contribution in [0.5, 0.6) is 0 Å². The number of hydrogen-bond donors (Lipinski definition) is 1. The summed E-state index contributed by atoms with van der Waals surface area (Å²) in [4.78, 5) is 12.2. The summed E-state index contributed by atoms with van der Waals surface area (Å²) in [6.45, 7) is 4.36. The Bertz CT molecular complexity index is 820. The number of morpholine rings is 1. The van der Waals surface area contributed by atoms with Gasteiger partial charge in [-0.15, -0.1) is 0 Å². The lowest BCUT2D eigenvalue weighted by molar-refractivity contribution is -0.0440. The number of furan rings is 1. The van der Waals surface area contributed by atoms with Crippen LogP contribution in [0.25, 0.3) is 0 Å². The van der Waals surface area contributed by atoms with Crippen LogP contribution in [-0.4, -0.2) is 43.9 Å². The molecule has 1 saturated heterocycles. The Balaban J connectivity index is 1.74. The van der Waals surface area contributed by atoms with Gasteiger partial charge in [0.25, 0.3) is 5.91 Å². The van der Waals surface area contributed by atoms with E-state index in [-0.39, 0.29) is 23.0 Å². The van der Waals surface area contributed by atoms with Gasteiger partial charge in [0.15, 0.2) is 0 Å². The van der Waals surface area contributed by atoms with Crippen molar-refractivity contribution in [1.82, 2.24) is 4.31 Å². The van der Waals surface area contributed by atoms with Gasteiger partial charge in [-0.25, -0.2) is 8.42 Å². The molecule has 134 valence electrons. The van der Waals surface area contributed by atoms with Crippen molar-refractivity contribution in [2.45, 2.75) is 31.0 Å². The number of anilines is 1. The van der Waals surface area contributed by atoms with E-state index in [1.165, 1.54) is 29.0 Å². The molecule has 2 heterocycles. The van der Waals surface area contributed by atoms with Crippen molar-refractivity contribution >= 4 is 21.6 Å². The van der Waals surface area contributed by atoms with Gasteiger partial charge in [0.1, 0.15) is 6.26 Å². The maximum atomic E-state index is 12.8. The fourth-order valence-corrected chi connectivity index (χ4v) is 4.37. The number of carbonyl (C=O) groups is 1. The molecule has 1 fully saturated rings. The minimum Gasteiger partial charge on any atom is -0.472 e. The molecule has 2 aromatic rings. The van der Waals surface area contributed by atoms with Gasteiger partial charge in [-0.2, -0.15) is 4.31 Å². The van der Waals surface area contributed by atoms with Crippen LogP contribution in [0, 0.1) is 0 Å². The molecule has 2 atom stereocenters. The van der Waals surface area contributed by atoms with Crippen molar-refractivity contribution in [1.29, 1.82) is 0 Å². The van der Waals surface area contributed by atoms with E-state index >= 15 is 0 Å². The van der Waals surface area contributed by atoms with Crippen LogP contribution in [0.3, 0.4) is 0 Å². The Kier molecular flexibility index (Phi) is 4.94. The predicted octanol–water partition coefficient (Wildman–Crippen LogP) is 2.33. The maximum Gasteiger partial charge on any atom is 0.258 e. The van der Waals surface area contributed by atoms with E-state index in [0.29, 0.717) is 24.3 Å². The number of nitrogens with zero attached hydrogens (tertiary/aromatic N) is 1. The lowest BCUT2D eigenvalue weighted by Gasteiger charge is -2.34. The van der Waals surface area contributed by atoms with Crippen LogP contribution in [0.1, 0.15) is 24.2 Å². The van der Waals surface area contributed by atoms with Crippen molar-refractivity contribution < 1.29 is 22.4 Å². The van der Waals surface area contributed by atoms with E-state index < -0.39 is 10.0 Å². The monoisotopic (exact) mass is 364 g/mol. The van der Waals surface area contributed by atoms with Gasteiger partial charge in [-0.1, -0.05) is 0 Å². The third kappa shape index (κ3) is 3.92. The molecule has 1 amide bonds. The molecule has 25 heavy (non-hydrogen) atoms. The molecular weight excluding hydrogens is 344 g/mol. The highest BCUT2D eigenvalue weighted by Gasteiger charge is 2.32. The topological polar surface area (TPSA) is 88.9 Å². The van der Waals surface area contributed by atoms with E-state index in [2.05, 4.69) is 5.32 Å². The molecule has 7 nitrogen and oxygen atoms in total. The molecule has 0 aliphatic carbocycles. The van der Waals surface area contributed by atoms with Crippen molar-refractivity contribution in [2.24, 2.45) is 0 Å². The van der Waals surface area contributed by atoms with Crippen LogP contribution in [-0.2, 0) is 14.8 Å². The molecule has 0 radical (unpaired) electrons. The largest absolute Gasteiger partial charge is 0.472 e. The minimum absolute atomic E-state index is 0.146. The molecule has 1 aliphatic heterocycles. The minimum atomic E-state index is -3.59. The van der Waals surface area contributed by atoms with E-state index in [0.717, 1.165) is 0 Å². The fraction of sp³-hybridized carbons (Fsp3) is 0.353. The average molecular weight is 364 g/mol. The van der Waals surface area contributed by atoms with Crippen LogP contribution < -0.4 is 5.32 Å². The van der Waals surface area contributed by atoms with Crippen LogP contribution >= 0.6 is 0 Å². The van der Waals surface area contributed by atoms with E-state index in [4.69, 9.17) is 9.15 Å². The summed E-state index contributed by atoms with van der Waals surface area (Å²) >= 11 is 0. The number of sulfonamides is 1. The first kappa shape index (κ1) is 17.7. The zero-order valence-corrected chi connectivity index (χ0v) is 14.8. The molecule has 3 rings (SSSR count). The molecule has 1 aromatic heterocycles. The van der Waals surface area contributed by atoms with Gasteiger partial charge in [0.2, 0.25) is 10.0 Å². The molecule has 0 bridgehead atoms. The van der Waals surface area contributed by atoms with Gasteiger partial charge in [-0.05, 0) is 44.2 Å². The molecule has 0 unspecified atom stereocenters. The normalized spacial score (nSPS) is 21.8. The van der Waals surface area contributed by atoms with Crippen LogP contribution in [0.4, 0.5) is 5.69 Å². The lowest BCUT2D eigenvalue weighted by Crippen LogP contribution is -2.48. The van der Waals surface area contributed by atoms with Crippen molar-refractivity contribution in [3.8, 4) is 0 Å². The first-order chi connectivity index (χ1) is 11.9. The Morgan fingerprint density at radius 2 is 1.76 bits per heavy atom. The van der Waals surface area contributed by atoms with E-state index in [9.17, 15) is 13.2 Å². The smallest absolute Gasteiger partial charge is 0.258 e. The van der Waals surface area contributed by atoms with Crippen LogP contribution in [0.15, 0.2) is 52.2 Å². The molecule has 1 aliphatic rings. The molecular formula is C17H20N2O5S. The summed E-state index contributed by atoms with van der Waals surface area (Å²) in [5, 5.41) is 2.69. The Morgan fingerprint density at radius 3 is 2.32 bits per heavy atom. The first-order valence-corrected chi connectivity index (χ1v) is 9.39. The van der Waals surface area contributed by atoms with Gasteiger partial charge < -0.3 is 14.5 Å². The van der Waals surface area contributed by atoms with Gasteiger partial charge in [-0.3, -0.25) is 4.79 Å². The highest BCUT2D eigenvalue weighted by molar-refractivity contribution is 7.89. The van der Waals surface area contributed by atoms with Crippen molar-refractivity contribution in [2.75, 3.05) is 18.4 Å². The second kappa shape index (κ2) is 6.99. The summed E-state index contributed by atoms with van der Waals surface area (Å²) in [6.07, 6.45) is 2.46. The molecule has 0 saturated carbocycles. The first-order valence-electron chi connectivity index (χ1n) is 7.95. The average Bonchev–Trinajstić information content (AvgIpc) is 3.09. The highest BCUT2D eigenvalue weighted by atomic mass is 32.2. The Hall–Kier alpha value is -2.16. The van der Waals surface area contributed by atoms with Crippen molar-refractivity contribution in [3.05, 3.63) is 48.4 Å². The highest BCUT2D eigenvalue weighted by Crippen LogP contribution is 2.22. The van der Waals surface area contributed by atoms with Crippen LogP contribution in [0.2, 0.25) is 0 Å². The number of hydrogen-bond acceptors (Lipinski definition) is 5. The molecule has 8 heteroatoms. The maximum absolute atomic E-state index is 12.8. The predicted molar refractivity (Wildman–Crippen MR) is 91.9 cm³/mol. The summed E-state index contributed by atoms with van der Waals surface area (Å²) < 4.78 is 37.4. The van der Waals surface area contributed by atoms with Gasteiger partial charge >= 0.3 is 0 Å². The number of benzene rings is 1. The third-order valence-corrected chi connectivity index (χ3v) is 5.77. The Morgan fingerprint density at radius 1 is 1.12 bits per heavy atom. The number of amides is 1. The standard InChI is InChI=1S/C17H20N2O5S/c1-12-9-19(10-13(2)24-12)25(21,22)16-5-3-15(4-6-16)18-17(20)14-7-8-23-11-14/h3-8,11-13H,9-10H2,1-2H3,(H,18,20)/t12-,13-/m0/s1. The number of rotatable bonds is 4. The molecule has 1 N–H and O–H groups in total. The van der Waals surface area contributed by atoms with Crippen molar-refractivity contribution in [3.63, 3.8) is 0 Å². The lowest BCUT2D eigenvalue weighted by atomic mass is 10.3. The Labute approximate surface area is 146 Å². The summed E-state index contributed by atoms with van der Waals surface area (Å²) in [5.41, 5.74) is 0.904. The number of nitrogens with one attached hydrogen (secondary N) is 1. The number of carbonyl (C=O) groups excluding carboxylic acids is 1. The second-order valence-electron chi connectivity index (χ2n) is 6.07. The zero-order valence-electron chi connectivity index (χ0n) is 14.0. The van der Waals surface area contributed by atoms with E-state index in [1.54, 1.807) is 18.2 Å². The number of ether oxygens (including phenoxy) is 1. The fourth-order valence-electron chi connectivity index (χ4n) is 2.78. The third-order valence-electron chi connectivity index (χ3n) is 3.92. The molecule has 1 aromatic carbocycles. The van der Waals surface area contributed by atoms with E-state index in [1.807, 2.05) is 13.8 Å². The zero-order chi connectivity index (χ0) is 18.0. The summed E-state index contributed by atoms with van der Waals surface area (Å²) in [7, 11) is -3.59. The SMILES string of the molecule is C[C@H]1CN(S(=O)(=O)c2ccc(NC(=O)c3ccoc3)cc2)C[C@H](C)O1. The summed E-state index contributed by atoms with van der Waals surface area (Å²) in [5.74, 6) is -0.319. The summed E-state index contributed by atoms with van der Waals surface area (Å²) in [6, 6.07) is 7.67.